The maximum atomic E-state index is 13.1. The van der Waals surface area contributed by atoms with E-state index in [4.69, 9.17) is 0 Å². The number of rotatable bonds is 1. The minimum Gasteiger partial charge on any atom is -0.351 e. The Kier molecular flexibility index (Phi) is 4.56. The van der Waals surface area contributed by atoms with E-state index in [0.29, 0.717) is 23.0 Å². The van der Waals surface area contributed by atoms with Gasteiger partial charge in [0.1, 0.15) is 5.78 Å². The van der Waals surface area contributed by atoms with Gasteiger partial charge >= 0.3 is 0 Å². The van der Waals surface area contributed by atoms with Gasteiger partial charge in [0.2, 0.25) is 5.91 Å². The van der Waals surface area contributed by atoms with Crippen molar-refractivity contribution in [3.8, 4) is 0 Å². The van der Waals surface area contributed by atoms with Crippen LogP contribution in [0.3, 0.4) is 0 Å². The molecule has 3 heteroatoms. The fourth-order valence-electron chi connectivity index (χ4n) is 7.93. The Morgan fingerprint density at radius 1 is 0.963 bits per heavy atom. The van der Waals surface area contributed by atoms with E-state index in [9.17, 15) is 9.59 Å². The van der Waals surface area contributed by atoms with Crippen LogP contribution in [-0.4, -0.2) is 17.2 Å². The van der Waals surface area contributed by atoms with E-state index in [0.717, 1.165) is 37.5 Å². The zero-order valence-electron chi connectivity index (χ0n) is 18.1. The third-order valence-corrected chi connectivity index (χ3v) is 9.30. The van der Waals surface area contributed by atoms with Gasteiger partial charge in [0.25, 0.3) is 0 Å². The van der Waals surface area contributed by atoms with Gasteiger partial charge in [-0.05, 0) is 100 Å². The van der Waals surface area contributed by atoms with Crippen LogP contribution in [0, 0.1) is 40.4 Å². The molecule has 0 spiro atoms. The van der Waals surface area contributed by atoms with E-state index >= 15 is 0 Å². The monoisotopic (exact) mass is 373 g/mol. The molecule has 152 valence electrons. The molecule has 0 heterocycles. The van der Waals surface area contributed by atoms with Gasteiger partial charge in [-0.1, -0.05) is 13.8 Å². The summed E-state index contributed by atoms with van der Waals surface area (Å²) in [6.45, 7) is 11.2. The normalized spacial score (nSPS) is 47.0. The van der Waals surface area contributed by atoms with Gasteiger partial charge in [0.15, 0.2) is 0 Å². The van der Waals surface area contributed by atoms with E-state index in [1.165, 1.54) is 32.1 Å². The number of fused-ring (bicyclic) bond motifs is 5. The van der Waals surface area contributed by atoms with Gasteiger partial charge in [0, 0.05) is 24.3 Å². The molecule has 0 saturated heterocycles. The maximum Gasteiger partial charge on any atom is 0.224 e. The molecule has 7 atom stereocenters. The number of hydrogen-bond acceptors (Lipinski definition) is 2. The van der Waals surface area contributed by atoms with Crippen molar-refractivity contribution in [2.75, 3.05) is 0 Å². The van der Waals surface area contributed by atoms with Crippen LogP contribution in [0.2, 0.25) is 0 Å². The largest absolute Gasteiger partial charge is 0.351 e. The first-order valence-electron chi connectivity index (χ1n) is 11.4. The molecule has 1 N–H and O–H groups in total. The van der Waals surface area contributed by atoms with Gasteiger partial charge in [-0.15, -0.1) is 0 Å². The molecule has 1 amide bonds. The van der Waals surface area contributed by atoms with Gasteiger partial charge in [-0.3, -0.25) is 9.59 Å². The highest BCUT2D eigenvalue weighted by Gasteiger charge is 2.61. The quantitative estimate of drug-likeness (QED) is 0.692. The predicted molar refractivity (Wildman–Crippen MR) is 108 cm³/mol. The molecule has 4 rings (SSSR count). The first-order valence-corrected chi connectivity index (χ1v) is 11.4. The molecular weight excluding hydrogens is 334 g/mol. The molecule has 0 aromatic heterocycles. The molecule has 3 nitrogen and oxygen atoms in total. The lowest BCUT2D eigenvalue weighted by atomic mass is 9.45. The fourth-order valence-corrected chi connectivity index (χ4v) is 7.93. The number of nitrogens with one attached hydrogen (secondary N) is 1. The molecule has 4 saturated carbocycles. The summed E-state index contributed by atoms with van der Waals surface area (Å²) in [4.78, 5) is 25.1. The smallest absolute Gasteiger partial charge is 0.224 e. The number of carbonyl (C=O) groups excluding carboxylic acids is 2. The van der Waals surface area contributed by atoms with Crippen molar-refractivity contribution < 1.29 is 9.59 Å². The van der Waals surface area contributed by atoms with Crippen molar-refractivity contribution >= 4 is 11.7 Å². The summed E-state index contributed by atoms with van der Waals surface area (Å²) >= 11 is 0. The van der Waals surface area contributed by atoms with Crippen LogP contribution in [0.1, 0.15) is 92.4 Å². The van der Waals surface area contributed by atoms with Crippen molar-refractivity contribution in [2.45, 2.75) is 97.9 Å². The van der Waals surface area contributed by atoms with Crippen LogP contribution in [0.25, 0.3) is 0 Å². The number of carbonyl (C=O) groups is 2. The molecule has 4 aliphatic rings. The maximum absolute atomic E-state index is 13.1. The average molecular weight is 374 g/mol. The second-order valence-electron chi connectivity index (χ2n) is 11.8. The van der Waals surface area contributed by atoms with Gasteiger partial charge < -0.3 is 5.32 Å². The zero-order chi connectivity index (χ0) is 19.6. The number of ketones is 1. The van der Waals surface area contributed by atoms with E-state index in [2.05, 4.69) is 39.9 Å². The molecule has 0 aliphatic heterocycles. The van der Waals surface area contributed by atoms with Crippen LogP contribution in [0.15, 0.2) is 0 Å². The van der Waals surface area contributed by atoms with E-state index in [-0.39, 0.29) is 22.8 Å². The molecule has 0 radical (unpaired) electrons. The van der Waals surface area contributed by atoms with Crippen LogP contribution >= 0.6 is 0 Å². The lowest BCUT2D eigenvalue weighted by Crippen LogP contribution is -2.55. The number of Topliss-reactive ketones (excluding diaryl/α,β-unsaturated/α-hetero) is 1. The summed E-state index contributed by atoms with van der Waals surface area (Å²) in [5.74, 6) is 3.82. The SMILES string of the molecule is CC(C)(C)NC(=O)[C@H]1CC[C@H]2[C@@H]3CC[C@H]4CC(=O)CC[C@]4(C)[C@H]3CC[C@]12C. The third kappa shape index (κ3) is 3.08. The van der Waals surface area contributed by atoms with Crippen molar-refractivity contribution in [2.24, 2.45) is 40.4 Å². The first kappa shape index (κ1) is 19.5. The topological polar surface area (TPSA) is 46.2 Å². The van der Waals surface area contributed by atoms with E-state index in [1.54, 1.807) is 0 Å². The Labute approximate surface area is 165 Å². The van der Waals surface area contributed by atoms with Gasteiger partial charge in [-0.2, -0.15) is 0 Å². The van der Waals surface area contributed by atoms with E-state index in [1.807, 2.05) is 0 Å². The van der Waals surface area contributed by atoms with Crippen molar-refractivity contribution in [1.29, 1.82) is 0 Å². The summed E-state index contributed by atoms with van der Waals surface area (Å²) in [5.41, 5.74) is 0.386. The molecular formula is C24H39NO2. The molecule has 0 bridgehead atoms. The zero-order valence-corrected chi connectivity index (χ0v) is 18.1. The Bertz CT molecular complexity index is 635. The highest BCUT2D eigenvalue weighted by molar-refractivity contribution is 5.81. The molecule has 27 heavy (non-hydrogen) atoms. The summed E-state index contributed by atoms with van der Waals surface area (Å²) in [6.07, 6.45) is 9.99. The standard InChI is InChI=1S/C24H39NO2/c1-22(2,3)25-21(27)20-9-8-18-17-7-6-15-14-16(26)10-12-23(15,4)19(17)11-13-24(18,20)5/h15,17-20H,6-14H2,1-5H3,(H,25,27)/t15-,17-,18-,19-,20+,23-,24-/m0/s1. The van der Waals surface area contributed by atoms with Crippen LogP contribution in [-0.2, 0) is 9.59 Å². The predicted octanol–water partition coefficient (Wildman–Crippen LogP) is 5.13. The number of amides is 1. The second kappa shape index (κ2) is 6.32. The fraction of sp³-hybridized carbons (Fsp3) is 0.917. The Morgan fingerprint density at radius 3 is 2.37 bits per heavy atom. The lowest BCUT2D eigenvalue weighted by molar-refractivity contribution is -0.145. The minimum absolute atomic E-state index is 0.150. The molecule has 0 aromatic rings. The van der Waals surface area contributed by atoms with Crippen molar-refractivity contribution in [1.82, 2.24) is 5.32 Å². The third-order valence-electron chi connectivity index (χ3n) is 9.30. The Hall–Kier alpha value is -0.860. The summed E-state index contributed by atoms with van der Waals surface area (Å²) in [6, 6.07) is 0. The average Bonchev–Trinajstić information content (AvgIpc) is 2.91. The van der Waals surface area contributed by atoms with Crippen molar-refractivity contribution in [3.05, 3.63) is 0 Å². The summed E-state index contributed by atoms with van der Waals surface area (Å²) in [7, 11) is 0. The van der Waals surface area contributed by atoms with Gasteiger partial charge in [-0.25, -0.2) is 0 Å². The van der Waals surface area contributed by atoms with Crippen molar-refractivity contribution in [3.63, 3.8) is 0 Å². The highest BCUT2D eigenvalue weighted by Crippen LogP contribution is 2.67. The summed E-state index contributed by atoms with van der Waals surface area (Å²) < 4.78 is 0. The van der Waals surface area contributed by atoms with Crippen LogP contribution in [0.4, 0.5) is 0 Å². The molecule has 0 aromatic carbocycles. The molecule has 4 aliphatic carbocycles. The first-order chi connectivity index (χ1) is 12.5. The van der Waals surface area contributed by atoms with Crippen LogP contribution < -0.4 is 5.32 Å². The second-order valence-corrected chi connectivity index (χ2v) is 11.8. The Morgan fingerprint density at radius 2 is 1.67 bits per heavy atom. The van der Waals surface area contributed by atoms with Gasteiger partial charge in [0.05, 0.1) is 0 Å². The molecule has 4 fully saturated rings. The Balaban J connectivity index is 1.55. The lowest BCUT2D eigenvalue weighted by Gasteiger charge is -2.60. The van der Waals surface area contributed by atoms with E-state index < -0.39 is 0 Å². The highest BCUT2D eigenvalue weighted by atomic mass is 16.2. The minimum atomic E-state index is -0.150. The molecule has 0 unspecified atom stereocenters. The summed E-state index contributed by atoms with van der Waals surface area (Å²) in [5, 5.41) is 3.27. The number of hydrogen-bond donors (Lipinski definition) is 1. The van der Waals surface area contributed by atoms with Crippen LogP contribution in [0.5, 0.6) is 0 Å².